The first kappa shape index (κ1) is 22.0. The number of benzene rings is 3. The van der Waals surface area contributed by atoms with E-state index in [2.05, 4.69) is 39.8 Å². The summed E-state index contributed by atoms with van der Waals surface area (Å²) in [6.07, 6.45) is 1.40. The number of anilines is 1. The van der Waals surface area contributed by atoms with Crippen LogP contribution in [-0.4, -0.2) is 23.5 Å². The lowest BCUT2D eigenvalue weighted by molar-refractivity contribution is -0.112. The third-order valence-corrected chi connectivity index (χ3v) is 5.43. The molecule has 33 heavy (non-hydrogen) atoms. The van der Waals surface area contributed by atoms with Crippen LogP contribution in [-0.2, 0) is 11.3 Å². The highest BCUT2D eigenvalue weighted by Crippen LogP contribution is 2.30. The van der Waals surface area contributed by atoms with Crippen LogP contribution in [0.2, 0.25) is 0 Å². The number of hydrazine groups is 1. The van der Waals surface area contributed by atoms with Crippen molar-refractivity contribution in [2.75, 3.05) is 12.4 Å². The molecule has 7 heteroatoms. The lowest BCUT2D eigenvalue weighted by Gasteiger charge is -2.10. The predicted molar refractivity (Wildman–Crippen MR) is 131 cm³/mol. The molecular formula is C26H26N4O3. The average Bonchev–Trinajstić information content (AvgIpc) is 3.15. The topological polar surface area (TPSA) is 84.4 Å². The lowest BCUT2D eigenvalue weighted by Crippen LogP contribution is -2.36. The molecule has 1 heterocycles. The maximum absolute atomic E-state index is 12.5. The third kappa shape index (κ3) is 4.67. The van der Waals surface area contributed by atoms with Gasteiger partial charge in [-0.2, -0.15) is 0 Å². The highest BCUT2D eigenvalue weighted by atomic mass is 16.5. The van der Waals surface area contributed by atoms with Crippen LogP contribution in [0.15, 0.2) is 78.5 Å². The van der Waals surface area contributed by atoms with Gasteiger partial charge in [0.2, 0.25) is 5.91 Å². The Kier molecular flexibility index (Phi) is 6.31. The van der Waals surface area contributed by atoms with Crippen LogP contribution in [0.5, 0.6) is 5.75 Å². The molecule has 0 unspecified atom stereocenters. The number of aromatic nitrogens is 1. The van der Waals surface area contributed by atoms with Crippen LogP contribution < -0.4 is 20.9 Å². The number of para-hydroxylation sites is 1. The zero-order valence-corrected chi connectivity index (χ0v) is 18.8. The van der Waals surface area contributed by atoms with Crippen LogP contribution >= 0.6 is 0 Å². The summed E-state index contributed by atoms with van der Waals surface area (Å²) >= 11 is 0. The molecule has 0 aliphatic carbocycles. The van der Waals surface area contributed by atoms with E-state index in [1.807, 2.05) is 30.3 Å². The Balaban J connectivity index is 1.43. The predicted octanol–water partition coefficient (Wildman–Crippen LogP) is 4.60. The number of allylic oxidation sites excluding steroid dienone is 1. The molecule has 1 aromatic heterocycles. The van der Waals surface area contributed by atoms with Crippen molar-refractivity contribution in [3.63, 3.8) is 0 Å². The molecule has 2 amide bonds. The zero-order chi connectivity index (χ0) is 23.4. The molecule has 0 aliphatic heterocycles. The molecule has 0 aliphatic rings. The largest absolute Gasteiger partial charge is 0.497 e. The Morgan fingerprint density at radius 3 is 2.39 bits per heavy atom. The van der Waals surface area contributed by atoms with E-state index in [0.717, 1.165) is 22.8 Å². The van der Waals surface area contributed by atoms with E-state index in [0.29, 0.717) is 22.7 Å². The minimum atomic E-state index is -0.316. The minimum Gasteiger partial charge on any atom is -0.497 e. The summed E-state index contributed by atoms with van der Waals surface area (Å²) in [5.74, 6) is 0.0607. The minimum absolute atomic E-state index is 0.294. The van der Waals surface area contributed by atoms with E-state index in [-0.39, 0.29) is 11.8 Å². The maximum Gasteiger partial charge on any atom is 0.269 e. The van der Waals surface area contributed by atoms with Gasteiger partial charge >= 0.3 is 0 Å². The van der Waals surface area contributed by atoms with Crippen LogP contribution in [0.3, 0.4) is 0 Å². The smallest absolute Gasteiger partial charge is 0.269 e. The second kappa shape index (κ2) is 9.48. The van der Waals surface area contributed by atoms with Gasteiger partial charge in [-0.15, -0.1) is 0 Å². The number of amides is 2. The van der Waals surface area contributed by atoms with Crippen LogP contribution in [0.1, 0.15) is 24.2 Å². The molecule has 3 aromatic carbocycles. The number of hydrogen-bond donors (Lipinski definition) is 3. The molecular weight excluding hydrogens is 416 g/mol. The van der Waals surface area contributed by atoms with Gasteiger partial charge in [0.05, 0.1) is 7.11 Å². The van der Waals surface area contributed by atoms with Crippen molar-refractivity contribution in [3.05, 3.63) is 84.1 Å². The number of fused-ring (bicyclic) bond motifs is 3. The van der Waals surface area contributed by atoms with E-state index in [1.54, 1.807) is 38.3 Å². The van der Waals surface area contributed by atoms with Crippen molar-refractivity contribution in [2.24, 2.45) is 0 Å². The van der Waals surface area contributed by atoms with Crippen molar-refractivity contribution in [2.45, 2.75) is 20.4 Å². The number of nitrogens with one attached hydrogen (secondary N) is 3. The van der Waals surface area contributed by atoms with Crippen LogP contribution in [0.4, 0.5) is 5.69 Å². The Morgan fingerprint density at radius 1 is 0.939 bits per heavy atom. The number of ether oxygens (including phenoxy) is 1. The summed E-state index contributed by atoms with van der Waals surface area (Å²) in [4.78, 5) is 24.7. The average molecular weight is 443 g/mol. The molecule has 3 N–H and O–H groups in total. The van der Waals surface area contributed by atoms with E-state index in [4.69, 9.17) is 4.74 Å². The van der Waals surface area contributed by atoms with Crippen molar-refractivity contribution >= 4 is 39.3 Å². The van der Waals surface area contributed by atoms with Crippen molar-refractivity contribution in [1.29, 1.82) is 0 Å². The number of nitrogens with zero attached hydrogens (tertiary/aromatic N) is 1. The monoisotopic (exact) mass is 442 g/mol. The Bertz CT molecular complexity index is 1350. The number of aryl methyl sites for hydroxylation is 1. The first-order chi connectivity index (χ1) is 16.0. The summed E-state index contributed by atoms with van der Waals surface area (Å²) in [5, 5.41) is 5.14. The fourth-order valence-electron chi connectivity index (χ4n) is 3.85. The maximum atomic E-state index is 12.5. The van der Waals surface area contributed by atoms with Gasteiger partial charge in [0.15, 0.2) is 0 Å². The molecule has 4 rings (SSSR count). The van der Waals surface area contributed by atoms with Gasteiger partial charge in [-0.25, -0.2) is 0 Å². The van der Waals surface area contributed by atoms with Gasteiger partial charge in [-0.1, -0.05) is 18.2 Å². The summed E-state index contributed by atoms with van der Waals surface area (Å²) in [6.45, 7) is 4.69. The number of carbonyl (C=O) groups is 2. The molecule has 0 atom stereocenters. The number of hydrogen-bond acceptors (Lipinski definition) is 4. The first-order valence-electron chi connectivity index (χ1n) is 10.7. The first-order valence-corrected chi connectivity index (χ1v) is 10.7. The molecule has 0 saturated heterocycles. The van der Waals surface area contributed by atoms with Gasteiger partial charge in [0, 0.05) is 51.4 Å². The molecule has 0 radical (unpaired) electrons. The summed E-state index contributed by atoms with van der Waals surface area (Å²) in [5.41, 5.74) is 9.32. The molecule has 0 spiro atoms. The number of carbonyl (C=O) groups excluding carboxylic acids is 2. The summed E-state index contributed by atoms with van der Waals surface area (Å²) in [7, 11) is 1.57. The fraction of sp³-hybridized carbons (Fsp3) is 0.154. The quantitative estimate of drug-likeness (QED) is 0.289. The highest BCUT2D eigenvalue weighted by Gasteiger charge is 2.11. The van der Waals surface area contributed by atoms with Crippen LogP contribution in [0, 0.1) is 0 Å². The third-order valence-electron chi connectivity index (χ3n) is 5.43. The Morgan fingerprint density at radius 2 is 1.67 bits per heavy atom. The fourth-order valence-corrected chi connectivity index (χ4v) is 3.85. The van der Waals surface area contributed by atoms with E-state index < -0.39 is 0 Å². The van der Waals surface area contributed by atoms with Gasteiger partial charge in [0.25, 0.3) is 5.91 Å². The van der Waals surface area contributed by atoms with Crippen LogP contribution in [0.25, 0.3) is 21.8 Å². The van der Waals surface area contributed by atoms with E-state index >= 15 is 0 Å². The molecule has 0 saturated carbocycles. The number of methoxy groups -OCH3 is 1. The second-order valence-corrected chi connectivity index (χ2v) is 7.62. The molecule has 0 fully saturated rings. The lowest BCUT2D eigenvalue weighted by atomic mass is 10.1. The molecule has 7 nitrogen and oxygen atoms in total. The molecule has 4 aromatic rings. The molecule has 168 valence electrons. The van der Waals surface area contributed by atoms with Gasteiger partial charge in [0.1, 0.15) is 5.75 Å². The molecule has 0 bridgehead atoms. The van der Waals surface area contributed by atoms with Crippen molar-refractivity contribution < 1.29 is 14.3 Å². The number of rotatable bonds is 7. The van der Waals surface area contributed by atoms with Crippen molar-refractivity contribution in [1.82, 2.24) is 15.4 Å². The standard InChI is InChI=1S/C26H26N4O3/c1-4-30-23-8-6-5-7-21(23)22-16-19(11-14-24(22)30)27-25(31)15-17(2)28-29-26(32)18-9-12-20(33-3)13-10-18/h5-16,28H,4H2,1-3H3,(H,27,31)(H,29,32). The van der Waals surface area contributed by atoms with Crippen molar-refractivity contribution in [3.8, 4) is 5.75 Å². The Labute approximate surface area is 192 Å². The Hall–Kier alpha value is -4.26. The normalized spacial score (nSPS) is 11.4. The van der Waals surface area contributed by atoms with E-state index in [1.165, 1.54) is 11.6 Å². The summed E-state index contributed by atoms with van der Waals surface area (Å²) < 4.78 is 7.35. The van der Waals surface area contributed by atoms with Gasteiger partial charge in [-0.05, 0) is 62.4 Å². The van der Waals surface area contributed by atoms with Gasteiger partial charge in [-0.3, -0.25) is 15.0 Å². The van der Waals surface area contributed by atoms with E-state index in [9.17, 15) is 9.59 Å². The van der Waals surface area contributed by atoms with Gasteiger partial charge < -0.3 is 20.0 Å². The SMILES string of the molecule is CCn1c2ccccc2c2cc(NC(=O)C=C(C)NNC(=O)c3ccc(OC)cc3)ccc21. The zero-order valence-electron chi connectivity index (χ0n) is 18.8. The summed E-state index contributed by atoms with van der Waals surface area (Å²) in [6, 6.07) is 20.9. The second-order valence-electron chi connectivity index (χ2n) is 7.62. The highest BCUT2D eigenvalue weighted by molar-refractivity contribution is 6.10.